The van der Waals surface area contributed by atoms with E-state index in [-0.39, 0.29) is 16.8 Å². The maximum Gasteiger partial charge on any atom is 0.255 e. The molecule has 1 unspecified atom stereocenters. The van der Waals surface area contributed by atoms with Gasteiger partial charge in [-0.2, -0.15) is 0 Å². The number of thioether (sulfide) groups is 1. The van der Waals surface area contributed by atoms with Crippen LogP contribution in [0.25, 0.3) is 0 Å². The van der Waals surface area contributed by atoms with Crippen LogP contribution in [0, 0.1) is 12.7 Å². The minimum atomic E-state index is -0.486. The van der Waals surface area contributed by atoms with Gasteiger partial charge in [0.05, 0.1) is 16.6 Å². The Morgan fingerprint density at radius 3 is 2.83 bits per heavy atom. The third-order valence-electron chi connectivity index (χ3n) is 3.54. The van der Waals surface area contributed by atoms with E-state index in [0.717, 1.165) is 10.5 Å². The van der Waals surface area contributed by atoms with Gasteiger partial charge in [0.2, 0.25) is 5.91 Å². The number of anilines is 2. The Bertz CT molecular complexity index is 807. The first-order valence-electron chi connectivity index (χ1n) is 7.13. The molecule has 0 saturated carbocycles. The van der Waals surface area contributed by atoms with Gasteiger partial charge in [-0.1, -0.05) is 6.07 Å². The minimum Gasteiger partial charge on any atom is -0.324 e. The molecule has 2 aromatic rings. The fraction of sp³-hybridized carbons (Fsp3) is 0.176. The van der Waals surface area contributed by atoms with Crippen LogP contribution in [0.1, 0.15) is 22.8 Å². The van der Waals surface area contributed by atoms with E-state index in [1.807, 2.05) is 13.8 Å². The summed E-state index contributed by atoms with van der Waals surface area (Å²) in [6.07, 6.45) is 0. The Hall–Kier alpha value is -2.34. The van der Waals surface area contributed by atoms with Gasteiger partial charge in [-0.3, -0.25) is 9.59 Å². The summed E-state index contributed by atoms with van der Waals surface area (Å²) < 4.78 is 13.7. The van der Waals surface area contributed by atoms with Crippen LogP contribution < -0.4 is 10.6 Å². The Morgan fingerprint density at radius 2 is 2.04 bits per heavy atom. The normalized spacial score (nSPS) is 16.5. The van der Waals surface area contributed by atoms with Crippen LogP contribution in [-0.4, -0.2) is 17.1 Å². The van der Waals surface area contributed by atoms with E-state index >= 15 is 0 Å². The zero-order valence-electron chi connectivity index (χ0n) is 12.6. The van der Waals surface area contributed by atoms with Gasteiger partial charge in [-0.05, 0) is 49.7 Å². The largest absolute Gasteiger partial charge is 0.324 e. The molecule has 2 aromatic carbocycles. The van der Waals surface area contributed by atoms with Gasteiger partial charge in [0, 0.05) is 10.5 Å². The molecule has 6 heteroatoms. The van der Waals surface area contributed by atoms with E-state index < -0.39 is 11.7 Å². The Morgan fingerprint density at radius 1 is 1.26 bits per heavy atom. The Balaban J connectivity index is 1.85. The molecule has 0 spiro atoms. The first-order valence-corrected chi connectivity index (χ1v) is 8.01. The van der Waals surface area contributed by atoms with Gasteiger partial charge in [0.25, 0.3) is 5.91 Å². The van der Waals surface area contributed by atoms with Gasteiger partial charge in [0.1, 0.15) is 5.82 Å². The van der Waals surface area contributed by atoms with Crippen molar-refractivity contribution < 1.29 is 14.0 Å². The molecular weight excluding hydrogens is 315 g/mol. The standard InChI is InChI=1S/C17H15FN2O2S/c1-9-3-5-12(18)13(7-9)19-17(22)11-4-6-15-14(8-11)20-16(21)10(2)23-15/h3-8,10H,1-2H3,(H,19,22)(H,20,21). The molecule has 1 aliphatic rings. The van der Waals surface area contributed by atoms with Crippen LogP contribution >= 0.6 is 11.8 Å². The minimum absolute atomic E-state index is 0.0928. The summed E-state index contributed by atoms with van der Waals surface area (Å²) in [6.45, 7) is 3.64. The predicted octanol–water partition coefficient (Wildman–Crippen LogP) is 3.82. The SMILES string of the molecule is Cc1ccc(F)c(NC(=O)c2ccc3c(c2)NC(=O)C(C)S3)c1. The van der Waals surface area contributed by atoms with Crippen molar-refractivity contribution in [3.63, 3.8) is 0 Å². The van der Waals surface area contributed by atoms with Crippen molar-refractivity contribution >= 4 is 35.0 Å². The summed E-state index contributed by atoms with van der Waals surface area (Å²) in [7, 11) is 0. The van der Waals surface area contributed by atoms with Crippen molar-refractivity contribution in [1.29, 1.82) is 0 Å². The molecule has 1 aliphatic heterocycles. The second kappa shape index (κ2) is 6.04. The van der Waals surface area contributed by atoms with Crippen molar-refractivity contribution in [2.45, 2.75) is 24.0 Å². The second-order valence-electron chi connectivity index (χ2n) is 5.40. The number of aryl methyl sites for hydroxylation is 1. The molecule has 1 atom stereocenters. The second-order valence-corrected chi connectivity index (χ2v) is 6.78. The van der Waals surface area contributed by atoms with Crippen LogP contribution in [-0.2, 0) is 4.79 Å². The molecule has 0 radical (unpaired) electrons. The van der Waals surface area contributed by atoms with Crippen molar-refractivity contribution in [2.24, 2.45) is 0 Å². The lowest BCUT2D eigenvalue weighted by atomic mass is 10.1. The molecule has 0 aromatic heterocycles. The molecule has 0 fully saturated rings. The number of nitrogens with one attached hydrogen (secondary N) is 2. The molecule has 2 N–H and O–H groups in total. The highest BCUT2D eigenvalue weighted by atomic mass is 32.2. The summed E-state index contributed by atoms with van der Waals surface area (Å²) >= 11 is 1.45. The third-order valence-corrected chi connectivity index (χ3v) is 4.72. The number of benzene rings is 2. The summed E-state index contributed by atoms with van der Waals surface area (Å²) in [5.41, 5.74) is 1.96. The molecule has 1 heterocycles. The van der Waals surface area contributed by atoms with Crippen molar-refractivity contribution in [3.05, 3.63) is 53.3 Å². The Kier molecular flexibility index (Phi) is 4.09. The molecule has 4 nitrogen and oxygen atoms in total. The van der Waals surface area contributed by atoms with E-state index in [9.17, 15) is 14.0 Å². The average molecular weight is 330 g/mol. The molecule has 2 amide bonds. The van der Waals surface area contributed by atoms with Crippen molar-refractivity contribution in [2.75, 3.05) is 10.6 Å². The van der Waals surface area contributed by atoms with E-state index in [1.54, 1.807) is 30.3 Å². The Labute approximate surface area is 137 Å². The molecule has 118 valence electrons. The molecular formula is C17H15FN2O2S. The lowest BCUT2D eigenvalue weighted by Crippen LogP contribution is -2.26. The summed E-state index contributed by atoms with van der Waals surface area (Å²) in [4.78, 5) is 25.0. The zero-order chi connectivity index (χ0) is 16.6. The number of hydrogen-bond acceptors (Lipinski definition) is 3. The highest BCUT2D eigenvalue weighted by molar-refractivity contribution is 8.00. The number of rotatable bonds is 2. The number of fused-ring (bicyclic) bond motifs is 1. The van der Waals surface area contributed by atoms with E-state index in [4.69, 9.17) is 0 Å². The smallest absolute Gasteiger partial charge is 0.255 e. The highest BCUT2D eigenvalue weighted by Gasteiger charge is 2.23. The topological polar surface area (TPSA) is 58.2 Å². The van der Waals surface area contributed by atoms with E-state index in [1.165, 1.54) is 17.8 Å². The lowest BCUT2D eigenvalue weighted by Gasteiger charge is -2.21. The molecule has 0 bridgehead atoms. The molecule has 0 saturated heterocycles. The number of carbonyl (C=O) groups is 2. The van der Waals surface area contributed by atoms with Gasteiger partial charge in [-0.25, -0.2) is 4.39 Å². The monoisotopic (exact) mass is 330 g/mol. The quantitative estimate of drug-likeness (QED) is 0.880. The van der Waals surface area contributed by atoms with Gasteiger partial charge in [-0.15, -0.1) is 11.8 Å². The van der Waals surface area contributed by atoms with Gasteiger partial charge in [0.15, 0.2) is 0 Å². The van der Waals surface area contributed by atoms with Crippen molar-refractivity contribution in [3.8, 4) is 0 Å². The molecule has 3 rings (SSSR count). The maximum atomic E-state index is 13.7. The zero-order valence-corrected chi connectivity index (χ0v) is 13.5. The van der Waals surface area contributed by atoms with E-state index in [0.29, 0.717) is 11.3 Å². The number of carbonyl (C=O) groups excluding carboxylic acids is 2. The number of amides is 2. The van der Waals surface area contributed by atoms with Crippen LogP contribution in [0.3, 0.4) is 0 Å². The van der Waals surface area contributed by atoms with Crippen LogP contribution in [0.4, 0.5) is 15.8 Å². The van der Waals surface area contributed by atoms with Crippen LogP contribution in [0.2, 0.25) is 0 Å². The number of hydrogen-bond donors (Lipinski definition) is 2. The fourth-order valence-electron chi connectivity index (χ4n) is 2.28. The summed E-state index contributed by atoms with van der Waals surface area (Å²) in [6, 6.07) is 9.59. The molecule has 0 aliphatic carbocycles. The fourth-order valence-corrected chi connectivity index (χ4v) is 3.21. The van der Waals surface area contributed by atoms with Gasteiger partial charge < -0.3 is 10.6 Å². The third kappa shape index (κ3) is 3.22. The van der Waals surface area contributed by atoms with Crippen molar-refractivity contribution in [1.82, 2.24) is 0 Å². The predicted molar refractivity (Wildman–Crippen MR) is 89.5 cm³/mol. The van der Waals surface area contributed by atoms with Crippen LogP contribution in [0.15, 0.2) is 41.3 Å². The van der Waals surface area contributed by atoms with Gasteiger partial charge >= 0.3 is 0 Å². The first-order chi connectivity index (χ1) is 10.9. The van der Waals surface area contributed by atoms with E-state index in [2.05, 4.69) is 10.6 Å². The van der Waals surface area contributed by atoms with Crippen LogP contribution in [0.5, 0.6) is 0 Å². The summed E-state index contributed by atoms with van der Waals surface area (Å²) in [5.74, 6) is -1.00. The maximum absolute atomic E-state index is 13.7. The summed E-state index contributed by atoms with van der Waals surface area (Å²) in [5, 5.41) is 5.17. The highest BCUT2D eigenvalue weighted by Crippen LogP contribution is 2.36. The first kappa shape index (κ1) is 15.6. The lowest BCUT2D eigenvalue weighted by molar-refractivity contribution is -0.115. The number of halogens is 1. The average Bonchev–Trinajstić information content (AvgIpc) is 2.51. The molecule has 23 heavy (non-hydrogen) atoms.